The zero-order chi connectivity index (χ0) is 13.0. The fraction of sp³-hybridized carbons (Fsp3) is 0.647. The summed E-state index contributed by atoms with van der Waals surface area (Å²) in [5.41, 5.74) is 1.92. The van der Waals surface area contributed by atoms with Crippen molar-refractivity contribution in [3.05, 3.63) is 35.9 Å². The molecule has 1 saturated heterocycles. The zero-order valence-electron chi connectivity index (χ0n) is 12.0. The van der Waals surface area contributed by atoms with E-state index in [0.29, 0.717) is 11.3 Å². The summed E-state index contributed by atoms with van der Waals surface area (Å²) >= 11 is 0. The zero-order valence-corrected chi connectivity index (χ0v) is 12.0. The van der Waals surface area contributed by atoms with E-state index in [1.54, 1.807) is 0 Å². The molecule has 1 nitrogen and oxygen atoms in total. The van der Waals surface area contributed by atoms with E-state index in [9.17, 15) is 0 Å². The Bertz CT molecular complexity index is 353. The highest BCUT2D eigenvalue weighted by Gasteiger charge is 2.36. The molecule has 1 aromatic rings. The van der Waals surface area contributed by atoms with Crippen LogP contribution in [0, 0.1) is 11.3 Å². The van der Waals surface area contributed by atoms with Crippen LogP contribution in [0.5, 0.6) is 0 Å². The second kappa shape index (κ2) is 5.88. The predicted molar refractivity (Wildman–Crippen MR) is 76.8 cm³/mol. The molecule has 0 bridgehead atoms. The van der Waals surface area contributed by atoms with Crippen molar-refractivity contribution in [2.24, 2.45) is 11.3 Å². The average molecular weight is 246 g/mol. The lowest BCUT2D eigenvalue weighted by molar-refractivity contribution is -0.109. The summed E-state index contributed by atoms with van der Waals surface area (Å²) in [5.74, 6) is 1.50. The third kappa shape index (κ3) is 3.35. The molecule has 100 valence electrons. The van der Waals surface area contributed by atoms with Crippen LogP contribution in [-0.2, 0) is 4.74 Å². The molecule has 1 heterocycles. The quantitative estimate of drug-likeness (QED) is 0.711. The summed E-state index contributed by atoms with van der Waals surface area (Å²) in [6.07, 6.45) is 3.84. The second-order valence-electron chi connectivity index (χ2n) is 6.36. The van der Waals surface area contributed by atoms with Gasteiger partial charge in [-0.05, 0) is 30.2 Å². The van der Waals surface area contributed by atoms with E-state index in [1.165, 1.54) is 24.8 Å². The van der Waals surface area contributed by atoms with Crippen molar-refractivity contribution in [3.8, 4) is 0 Å². The van der Waals surface area contributed by atoms with Crippen LogP contribution in [0.4, 0.5) is 0 Å². The molecule has 0 saturated carbocycles. The SMILES string of the molecule is CCC(C)CC(CC1(C)COC1)c1ccccc1. The molecule has 0 N–H and O–H groups in total. The van der Waals surface area contributed by atoms with Crippen LogP contribution in [0.15, 0.2) is 30.3 Å². The minimum atomic E-state index is 0.411. The number of benzene rings is 1. The van der Waals surface area contributed by atoms with Gasteiger partial charge in [0.05, 0.1) is 13.2 Å². The third-order valence-corrected chi connectivity index (χ3v) is 4.30. The molecule has 0 amide bonds. The smallest absolute Gasteiger partial charge is 0.0542 e. The molecule has 2 unspecified atom stereocenters. The van der Waals surface area contributed by atoms with Crippen molar-refractivity contribution in [2.45, 2.75) is 46.0 Å². The van der Waals surface area contributed by atoms with E-state index < -0.39 is 0 Å². The van der Waals surface area contributed by atoms with E-state index in [2.05, 4.69) is 51.1 Å². The van der Waals surface area contributed by atoms with E-state index >= 15 is 0 Å². The Kier molecular flexibility index (Phi) is 4.45. The number of ether oxygens (including phenoxy) is 1. The highest BCUT2D eigenvalue weighted by molar-refractivity contribution is 5.20. The standard InChI is InChI=1S/C17H26O/c1-4-14(2)10-16(11-17(3)12-18-13-17)15-8-6-5-7-9-15/h5-9,14,16H,4,10-13H2,1-3H3. The van der Waals surface area contributed by atoms with Gasteiger partial charge in [0.15, 0.2) is 0 Å². The molecule has 1 fully saturated rings. The fourth-order valence-corrected chi connectivity index (χ4v) is 2.88. The molecule has 1 heteroatoms. The lowest BCUT2D eigenvalue weighted by Gasteiger charge is -2.41. The summed E-state index contributed by atoms with van der Waals surface area (Å²) in [5, 5.41) is 0. The molecular weight excluding hydrogens is 220 g/mol. The fourth-order valence-electron chi connectivity index (χ4n) is 2.88. The topological polar surface area (TPSA) is 9.23 Å². The van der Waals surface area contributed by atoms with Crippen LogP contribution in [0.25, 0.3) is 0 Å². The first-order valence-corrected chi connectivity index (χ1v) is 7.25. The van der Waals surface area contributed by atoms with Crippen LogP contribution in [0.3, 0.4) is 0 Å². The molecule has 0 aromatic heterocycles. The Balaban J connectivity index is 2.07. The Labute approximate surface area is 112 Å². The molecule has 1 aliphatic heterocycles. The van der Waals surface area contributed by atoms with Crippen LogP contribution >= 0.6 is 0 Å². The molecule has 0 aliphatic carbocycles. The lowest BCUT2D eigenvalue weighted by Crippen LogP contribution is -2.41. The van der Waals surface area contributed by atoms with E-state index in [0.717, 1.165) is 19.1 Å². The lowest BCUT2D eigenvalue weighted by atomic mass is 9.74. The average Bonchev–Trinajstić information content (AvgIpc) is 2.37. The molecule has 2 atom stereocenters. The van der Waals surface area contributed by atoms with Gasteiger partial charge in [0.1, 0.15) is 0 Å². The van der Waals surface area contributed by atoms with Crippen molar-refractivity contribution in [1.29, 1.82) is 0 Å². The van der Waals surface area contributed by atoms with Crippen molar-refractivity contribution < 1.29 is 4.74 Å². The first-order valence-electron chi connectivity index (χ1n) is 7.25. The Hall–Kier alpha value is -0.820. The van der Waals surface area contributed by atoms with Crippen LogP contribution in [0.2, 0.25) is 0 Å². The Morgan fingerprint density at radius 1 is 1.22 bits per heavy atom. The molecule has 1 aromatic carbocycles. The summed E-state index contributed by atoms with van der Waals surface area (Å²) in [4.78, 5) is 0. The maximum atomic E-state index is 5.41. The number of hydrogen-bond donors (Lipinski definition) is 0. The molecule has 18 heavy (non-hydrogen) atoms. The number of rotatable bonds is 6. The molecule has 2 rings (SSSR count). The first-order chi connectivity index (χ1) is 8.63. The van der Waals surface area contributed by atoms with Gasteiger partial charge in [-0.1, -0.05) is 57.5 Å². The van der Waals surface area contributed by atoms with Gasteiger partial charge >= 0.3 is 0 Å². The predicted octanol–water partition coefficient (Wildman–Crippen LogP) is 4.63. The Morgan fingerprint density at radius 2 is 1.89 bits per heavy atom. The normalized spacial score (nSPS) is 21.1. The van der Waals surface area contributed by atoms with Gasteiger partial charge in [-0.2, -0.15) is 0 Å². The number of hydrogen-bond acceptors (Lipinski definition) is 1. The van der Waals surface area contributed by atoms with E-state index in [1.807, 2.05) is 0 Å². The van der Waals surface area contributed by atoms with Gasteiger partial charge < -0.3 is 4.74 Å². The van der Waals surface area contributed by atoms with Crippen LogP contribution in [-0.4, -0.2) is 13.2 Å². The first kappa shape index (κ1) is 13.6. The van der Waals surface area contributed by atoms with Crippen molar-refractivity contribution in [2.75, 3.05) is 13.2 Å². The molecule has 1 aliphatic rings. The van der Waals surface area contributed by atoms with Gasteiger partial charge in [0.2, 0.25) is 0 Å². The van der Waals surface area contributed by atoms with Crippen molar-refractivity contribution in [1.82, 2.24) is 0 Å². The minimum Gasteiger partial charge on any atom is -0.380 e. The molecule has 0 radical (unpaired) electrons. The third-order valence-electron chi connectivity index (χ3n) is 4.30. The van der Waals surface area contributed by atoms with Crippen molar-refractivity contribution >= 4 is 0 Å². The van der Waals surface area contributed by atoms with Gasteiger partial charge in [-0.3, -0.25) is 0 Å². The van der Waals surface area contributed by atoms with Gasteiger partial charge in [0.25, 0.3) is 0 Å². The van der Waals surface area contributed by atoms with E-state index in [-0.39, 0.29) is 0 Å². The second-order valence-corrected chi connectivity index (χ2v) is 6.36. The highest BCUT2D eigenvalue weighted by Crippen LogP contribution is 2.40. The maximum Gasteiger partial charge on any atom is 0.0542 e. The molecule has 0 spiro atoms. The summed E-state index contributed by atoms with van der Waals surface area (Å²) < 4.78 is 5.41. The summed E-state index contributed by atoms with van der Waals surface area (Å²) in [6.45, 7) is 8.91. The van der Waals surface area contributed by atoms with Gasteiger partial charge in [-0.15, -0.1) is 0 Å². The largest absolute Gasteiger partial charge is 0.380 e. The van der Waals surface area contributed by atoms with Gasteiger partial charge in [-0.25, -0.2) is 0 Å². The van der Waals surface area contributed by atoms with Gasteiger partial charge in [0, 0.05) is 5.41 Å². The minimum absolute atomic E-state index is 0.411. The summed E-state index contributed by atoms with van der Waals surface area (Å²) in [7, 11) is 0. The maximum absolute atomic E-state index is 5.41. The highest BCUT2D eigenvalue weighted by atomic mass is 16.5. The summed E-state index contributed by atoms with van der Waals surface area (Å²) in [6, 6.07) is 11.0. The van der Waals surface area contributed by atoms with E-state index in [4.69, 9.17) is 4.74 Å². The Morgan fingerprint density at radius 3 is 2.39 bits per heavy atom. The van der Waals surface area contributed by atoms with Crippen LogP contribution < -0.4 is 0 Å². The molecular formula is C17H26O. The van der Waals surface area contributed by atoms with Crippen molar-refractivity contribution in [3.63, 3.8) is 0 Å². The van der Waals surface area contributed by atoms with Crippen LogP contribution in [0.1, 0.15) is 51.5 Å². The monoisotopic (exact) mass is 246 g/mol.